The Hall–Kier alpha value is -2.53. The zero-order valence-corrected chi connectivity index (χ0v) is 14.6. The lowest BCUT2D eigenvalue weighted by molar-refractivity contribution is -0.137. The summed E-state index contributed by atoms with van der Waals surface area (Å²) in [5, 5.41) is -0.414. The predicted octanol–water partition coefficient (Wildman–Crippen LogP) is 5.54. The van der Waals surface area contributed by atoms with Gasteiger partial charge in [0.25, 0.3) is 0 Å². The minimum Gasteiger partial charge on any atom is -0.343 e. The first-order valence-corrected chi connectivity index (χ1v) is 8.25. The highest BCUT2D eigenvalue weighted by Gasteiger charge is 2.34. The van der Waals surface area contributed by atoms with Crippen LogP contribution in [0.4, 0.5) is 13.2 Å². The summed E-state index contributed by atoms with van der Waals surface area (Å²) >= 11 is 6.04. The summed E-state index contributed by atoms with van der Waals surface area (Å²) in [5.41, 5.74) is 1.36. The molecule has 1 aromatic heterocycles. The molecule has 0 bridgehead atoms. The van der Waals surface area contributed by atoms with Crippen molar-refractivity contribution in [2.75, 3.05) is 0 Å². The predicted molar refractivity (Wildman–Crippen MR) is 96.4 cm³/mol. The minimum atomic E-state index is -4.57. The molecule has 1 heterocycles. The molecule has 6 heteroatoms. The van der Waals surface area contributed by atoms with E-state index in [2.05, 4.69) is 0 Å². The molecule has 0 aliphatic carbocycles. The summed E-state index contributed by atoms with van der Waals surface area (Å²) in [6, 6.07) is 14.2. The summed E-state index contributed by atoms with van der Waals surface area (Å²) in [7, 11) is 0. The fraction of sp³-hybridized carbons (Fsp3) is 0.150. The lowest BCUT2D eigenvalue weighted by Gasteiger charge is -2.17. The van der Waals surface area contributed by atoms with E-state index in [1.54, 1.807) is 10.8 Å². The van der Waals surface area contributed by atoms with Crippen molar-refractivity contribution in [1.82, 2.24) is 4.57 Å². The van der Waals surface area contributed by atoms with E-state index in [1.165, 1.54) is 24.3 Å². The van der Waals surface area contributed by atoms with E-state index in [-0.39, 0.29) is 11.0 Å². The molecule has 3 aromatic rings. The van der Waals surface area contributed by atoms with Crippen LogP contribution >= 0.6 is 11.6 Å². The molecule has 0 unspecified atom stereocenters. The number of halogens is 4. The Balaban J connectivity index is 2.12. The van der Waals surface area contributed by atoms with Gasteiger partial charge in [-0.1, -0.05) is 53.6 Å². The van der Waals surface area contributed by atoms with Crippen LogP contribution in [0.25, 0.3) is 11.3 Å². The molecule has 0 aliphatic rings. The number of aromatic nitrogens is 1. The first kappa shape index (κ1) is 18.3. The Kier molecular flexibility index (Phi) is 4.92. The van der Waals surface area contributed by atoms with Crippen molar-refractivity contribution in [3.8, 4) is 11.3 Å². The van der Waals surface area contributed by atoms with Gasteiger partial charge < -0.3 is 4.57 Å². The number of hydrogen-bond acceptors (Lipinski definition) is 1. The van der Waals surface area contributed by atoms with Crippen molar-refractivity contribution in [2.45, 2.75) is 19.6 Å². The highest BCUT2D eigenvalue weighted by atomic mass is 35.5. The van der Waals surface area contributed by atoms with Gasteiger partial charge in [0, 0.05) is 30.4 Å². The second-order valence-corrected chi connectivity index (χ2v) is 6.40. The Labute approximate surface area is 153 Å². The zero-order chi connectivity index (χ0) is 18.9. The largest absolute Gasteiger partial charge is 0.417 e. The van der Waals surface area contributed by atoms with Crippen LogP contribution in [-0.2, 0) is 12.7 Å². The van der Waals surface area contributed by atoms with E-state index in [4.69, 9.17) is 11.6 Å². The Morgan fingerprint density at radius 3 is 2.38 bits per heavy atom. The molecule has 0 radical (unpaired) electrons. The van der Waals surface area contributed by atoms with E-state index in [0.717, 1.165) is 17.2 Å². The van der Waals surface area contributed by atoms with Gasteiger partial charge in [-0.2, -0.15) is 13.2 Å². The van der Waals surface area contributed by atoms with Gasteiger partial charge in [0.05, 0.1) is 16.3 Å². The van der Waals surface area contributed by atoms with Crippen molar-refractivity contribution in [2.24, 2.45) is 0 Å². The Bertz CT molecular complexity index is 991. The first-order valence-electron chi connectivity index (χ1n) is 7.88. The normalized spacial score (nSPS) is 11.6. The van der Waals surface area contributed by atoms with E-state index < -0.39 is 16.8 Å². The number of rotatable bonds is 3. The third-order valence-corrected chi connectivity index (χ3v) is 4.47. The molecular formula is C20H15ClF3NO. The van der Waals surface area contributed by atoms with Crippen LogP contribution in [0.1, 0.15) is 16.7 Å². The Morgan fingerprint density at radius 1 is 1.04 bits per heavy atom. The molecule has 0 saturated heterocycles. The van der Waals surface area contributed by atoms with Gasteiger partial charge in [-0.25, -0.2) is 0 Å². The molecule has 0 spiro atoms. The average molecular weight is 378 g/mol. The lowest BCUT2D eigenvalue weighted by Crippen LogP contribution is -2.11. The van der Waals surface area contributed by atoms with Crippen molar-refractivity contribution >= 4 is 11.6 Å². The van der Waals surface area contributed by atoms with Crippen molar-refractivity contribution in [3.63, 3.8) is 0 Å². The number of hydrogen-bond donors (Lipinski definition) is 0. The third kappa shape index (κ3) is 3.83. The molecule has 2 nitrogen and oxygen atoms in total. The lowest BCUT2D eigenvalue weighted by atomic mass is 10.1. The van der Waals surface area contributed by atoms with Gasteiger partial charge in [-0.3, -0.25) is 4.79 Å². The molecule has 0 aliphatic heterocycles. The highest BCUT2D eigenvalue weighted by Crippen LogP contribution is 2.39. The van der Waals surface area contributed by atoms with Gasteiger partial charge in [0.2, 0.25) is 0 Å². The molecule has 2 aromatic carbocycles. The minimum absolute atomic E-state index is 0.173. The van der Waals surface area contributed by atoms with Crippen LogP contribution in [0.5, 0.6) is 0 Å². The molecule has 134 valence electrons. The van der Waals surface area contributed by atoms with Crippen LogP contribution < -0.4 is 5.43 Å². The van der Waals surface area contributed by atoms with Gasteiger partial charge >= 0.3 is 6.18 Å². The van der Waals surface area contributed by atoms with Gasteiger partial charge in [0.15, 0.2) is 5.43 Å². The van der Waals surface area contributed by atoms with Crippen molar-refractivity contribution < 1.29 is 13.2 Å². The second kappa shape index (κ2) is 7.00. The monoisotopic (exact) mass is 377 g/mol. The van der Waals surface area contributed by atoms with Gasteiger partial charge in [-0.15, -0.1) is 0 Å². The second-order valence-electron chi connectivity index (χ2n) is 6.03. The standard InChI is InChI=1S/C20H15ClF3NO/c1-13-5-7-14(8-6-13)12-25-10-9-15(26)11-18(25)16-3-2-4-17(19(16)21)20(22,23)24/h2-11H,12H2,1H3. The van der Waals surface area contributed by atoms with E-state index >= 15 is 0 Å². The van der Waals surface area contributed by atoms with Gasteiger partial charge in [0.1, 0.15) is 0 Å². The third-order valence-electron chi connectivity index (χ3n) is 4.06. The number of benzene rings is 2. The topological polar surface area (TPSA) is 22.0 Å². The van der Waals surface area contributed by atoms with Crippen molar-refractivity contribution in [3.05, 3.63) is 92.7 Å². The number of pyridine rings is 1. The van der Waals surface area contributed by atoms with Gasteiger partial charge in [-0.05, 0) is 18.6 Å². The summed E-state index contributed by atoms with van der Waals surface area (Å²) in [4.78, 5) is 11.8. The fourth-order valence-corrected chi connectivity index (χ4v) is 3.05. The maximum absolute atomic E-state index is 13.2. The first-order chi connectivity index (χ1) is 12.3. The number of alkyl halides is 3. The van der Waals surface area contributed by atoms with Crippen LogP contribution in [-0.4, -0.2) is 4.57 Å². The van der Waals surface area contributed by atoms with Crippen LogP contribution in [0.15, 0.2) is 65.6 Å². The molecule has 0 N–H and O–H groups in total. The van der Waals surface area contributed by atoms with Crippen LogP contribution in [0.3, 0.4) is 0 Å². The average Bonchev–Trinajstić information content (AvgIpc) is 2.58. The van der Waals surface area contributed by atoms with Crippen LogP contribution in [0.2, 0.25) is 5.02 Å². The number of aryl methyl sites for hydroxylation is 1. The maximum Gasteiger partial charge on any atom is 0.417 e. The molecule has 0 amide bonds. The SMILES string of the molecule is Cc1ccc(Cn2ccc(=O)cc2-c2cccc(C(F)(F)F)c2Cl)cc1. The van der Waals surface area contributed by atoms with E-state index in [0.29, 0.717) is 12.2 Å². The maximum atomic E-state index is 13.2. The molecule has 26 heavy (non-hydrogen) atoms. The van der Waals surface area contributed by atoms with Crippen LogP contribution in [0, 0.1) is 6.92 Å². The van der Waals surface area contributed by atoms with E-state index in [1.807, 2.05) is 31.2 Å². The molecule has 0 atom stereocenters. The fourth-order valence-electron chi connectivity index (χ4n) is 2.72. The summed E-state index contributed by atoms with van der Waals surface area (Å²) in [6.07, 6.45) is -3.00. The summed E-state index contributed by atoms with van der Waals surface area (Å²) in [5.74, 6) is 0. The highest BCUT2D eigenvalue weighted by molar-refractivity contribution is 6.34. The molecule has 0 fully saturated rings. The molecule has 0 saturated carbocycles. The number of nitrogens with zero attached hydrogens (tertiary/aromatic N) is 1. The van der Waals surface area contributed by atoms with Crippen molar-refractivity contribution in [1.29, 1.82) is 0 Å². The quantitative estimate of drug-likeness (QED) is 0.587. The molecule has 3 rings (SSSR count). The molecular weight excluding hydrogens is 363 g/mol. The summed E-state index contributed by atoms with van der Waals surface area (Å²) < 4.78 is 41.2. The zero-order valence-electron chi connectivity index (χ0n) is 13.8. The summed E-state index contributed by atoms with van der Waals surface area (Å²) in [6.45, 7) is 2.37. The van der Waals surface area contributed by atoms with E-state index in [9.17, 15) is 18.0 Å². The Morgan fingerprint density at radius 2 is 1.73 bits per heavy atom. The smallest absolute Gasteiger partial charge is 0.343 e.